The first-order valence-electron chi connectivity index (χ1n) is 7.27. The van der Waals surface area contributed by atoms with E-state index in [2.05, 4.69) is 47.9 Å². The molecule has 0 radical (unpaired) electrons. The summed E-state index contributed by atoms with van der Waals surface area (Å²) in [6.45, 7) is 4.17. The van der Waals surface area contributed by atoms with Gasteiger partial charge in [0.05, 0.1) is 11.9 Å². The number of hydrogen-bond donors (Lipinski definition) is 1. The van der Waals surface area contributed by atoms with Crippen molar-refractivity contribution in [2.45, 2.75) is 26.4 Å². The second kappa shape index (κ2) is 6.59. The molecule has 1 heterocycles. The van der Waals surface area contributed by atoms with E-state index in [-0.39, 0.29) is 6.17 Å². The molecule has 112 valence electrons. The highest BCUT2D eigenvalue weighted by Gasteiger charge is 2.23. The molecule has 0 fully saturated rings. The minimum absolute atomic E-state index is 0.199. The van der Waals surface area contributed by atoms with Crippen LogP contribution in [0.2, 0.25) is 0 Å². The van der Waals surface area contributed by atoms with E-state index in [1.807, 2.05) is 37.4 Å². The minimum atomic E-state index is 0.199. The van der Waals surface area contributed by atoms with Crippen LogP contribution in [-0.2, 0) is 0 Å². The highest BCUT2D eigenvalue weighted by molar-refractivity contribution is 5.72. The van der Waals surface area contributed by atoms with Crippen molar-refractivity contribution in [3.8, 4) is 0 Å². The van der Waals surface area contributed by atoms with Crippen LogP contribution in [0, 0.1) is 6.92 Å². The van der Waals surface area contributed by atoms with Crippen LogP contribution < -0.4 is 10.6 Å². The summed E-state index contributed by atoms with van der Waals surface area (Å²) in [5.41, 5.74) is 9.11. The lowest BCUT2D eigenvalue weighted by atomic mass is 10.2. The molecule has 0 bridgehead atoms. The second-order valence-corrected chi connectivity index (χ2v) is 5.48. The Morgan fingerprint density at radius 3 is 2.38 bits per heavy atom. The summed E-state index contributed by atoms with van der Waals surface area (Å²) in [6.07, 6.45) is 3.03. The fraction of sp³-hybridized carbons (Fsp3) is 0.353. The first-order valence-corrected chi connectivity index (χ1v) is 7.27. The average molecular weight is 284 g/mol. The highest BCUT2D eigenvalue weighted by Crippen LogP contribution is 2.32. The number of nitrogen functional groups attached to an aromatic ring is 1. The molecule has 1 atom stereocenters. The van der Waals surface area contributed by atoms with Crippen molar-refractivity contribution in [3.05, 3.63) is 48.2 Å². The topological polar surface area (TPSA) is 45.4 Å². The summed E-state index contributed by atoms with van der Waals surface area (Å²) in [5.74, 6) is 0.812. The lowest BCUT2D eigenvalue weighted by Gasteiger charge is -2.37. The van der Waals surface area contributed by atoms with Crippen molar-refractivity contribution in [2.75, 3.05) is 24.7 Å². The predicted molar refractivity (Wildman–Crippen MR) is 89.7 cm³/mol. The van der Waals surface area contributed by atoms with Gasteiger partial charge in [0.2, 0.25) is 0 Å². The average Bonchev–Trinajstić information content (AvgIpc) is 2.46. The second-order valence-electron chi connectivity index (χ2n) is 5.48. The molecule has 4 heteroatoms. The third-order valence-corrected chi connectivity index (χ3v) is 3.55. The monoisotopic (exact) mass is 284 g/mol. The van der Waals surface area contributed by atoms with Gasteiger partial charge in [-0.15, -0.1) is 0 Å². The quantitative estimate of drug-likeness (QED) is 0.855. The highest BCUT2D eigenvalue weighted by atomic mass is 15.4. The Hall–Kier alpha value is -2.07. The van der Waals surface area contributed by atoms with E-state index in [4.69, 9.17) is 5.73 Å². The van der Waals surface area contributed by atoms with Crippen LogP contribution in [0.5, 0.6) is 0 Å². The van der Waals surface area contributed by atoms with Crippen LogP contribution in [0.1, 0.15) is 18.9 Å². The zero-order valence-electron chi connectivity index (χ0n) is 13.2. The molecule has 2 aromatic rings. The fourth-order valence-corrected chi connectivity index (χ4v) is 2.59. The zero-order valence-corrected chi connectivity index (χ0v) is 13.2. The molecular formula is C17H24N4. The maximum atomic E-state index is 6.23. The molecule has 1 unspecified atom stereocenters. The SMILES string of the molecule is CCC(N(C)C)N(c1ccccc1)c1ncc(C)cc1N. The van der Waals surface area contributed by atoms with E-state index in [9.17, 15) is 0 Å². The first kappa shape index (κ1) is 15.3. The normalized spacial score (nSPS) is 12.4. The van der Waals surface area contributed by atoms with Gasteiger partial charge in [-0.3, -0.25) is 4.90 Å². The molecule has 0 amide bonds. The number of nitrogens with two attached hydrogens (primary N) is 1. The molecule has 2 N–H and O–H groups in total. The van der Waals surface area contributed by atoms with Crippen LogP contribution in [0.15, 0.2) is 42.6 Å². The number of nitrogens with zero attached hydrogens (tertiary/aromatic N) is 3. The molecule has 0 aliphatic carbocycles. The fourth-order valence-electron chi connectivity index (χ4n) is 2.59. The molecule has 4 nitrogen and oxygen atoms in total. The first-order chi connectivity index (χ1) is 10.0. The molecule has 21 heavy (non-hydrogen) atoms. The van der Waals surface area contributed by atoms with E-state index in [1.165, 1.54) is 0 Å². The summed E-state index contributed by atoms with van der Waals surface area (Å²) in [5, 5.41) is 0. The summed E-state index contributed by atoms with van der Waals surface area (Å²) >= 11 is 0. The van der Waals surface area contributed by atoms with Gasteiger partial charge in [0.25, 0.3) is 0 Å². The largest absolute Gasteiger partial charge is 0.396 e. The molecule has 0 saturated heterocycles. The molecule has 0 saturated carbocycles. The number of hydrogen-bond acceptors (Lipinski definition) is 4. The van der Waals surface area contributed by atoms with Gasteiger partial charge in [-0.1, -0.05) is 25.1 Å². The zero-order chi connectivity index (χ0) is 15.4. The van der Waals surface area contributed by atoms with Gasteiger partial charge in [0.1, 0.15) is 0 Å². The van der Waals surface area contributed by atoms with Crippen LogP contribution in [0.4, 0.5) is 17.2 Å². The molecule has 0 spiro atoms. The Morgan fingerprint density at radius 1 is 1.19 bits per heavy atom. The van der Waals surface area contributed by atoms with Crippen LogP contribution in [-0.4, -0.2) is 30.1 Å². The number of aryl methyl sites for hydroxylation is 1. The Morgan fingerprint density at radius 2 is 1.86 bits per heavy atom. The maximum absolute atomic E-state index is 6.23. The van der Waals surface area contributed by atoms with E-state index >= 15 is 0 Å². The van der Waals surface area contributed by atoms with Crippen molar-refractivity contribution >= 4 is 17.2 Å². The number of rotatable bonds is 5. The number of benzene rings is 1. The van der Waals surface area contributed by atoms with Crippen molar-refractivity contribution < 1.29 is 0 Å². The lowest BCUT2D eigenvalue weighted by molar-refractivity contribution is 0.289. The van der Waals surface area contributed by atoms with Crippen LogP contribution >= 0.6 is 0 Å². The summed E-state index contributed by atoms with van der Waals surface area (Å²) in [7, 11) is 4.16. The maximum Gasteiger partial charge on any atom is 0.157 e. The van der Waals surface area contributed by atoms with Gasteiger partial charge in [-0.2, -0.15) is 0 Å². The van der Waals surface area contributed by atoms with Gasteiger partial charge in [-0.05, 0) is 51.2 Å². The Bertz CT molecular complexity index is 581. The summed E-state index contributed by atoms with van der Waals surface area (Å²) in [6, 6.07) is 12.2. The summed E-state index contributed by atoms with van der Waals surface area (Å²) < 4.78 is 0. The number of anilines is 3. The van der Waals surface area contributed by atoms with Gasteiger partial charge < -0.3 is 10.6 Å². The van der Waals surface area contributed by atoms with Gasteiger partial charge in [0.15, 0.2) is 5.82 Å². The Balaban J connectivity index is 2.55. The molecular weight excluding hydrogens is 260 g/mol. The van der Waals surface area contributed by atoms with Gasteiger partial charge >= 0.3 is 0 Å². The number of aromatic nitrogens is 1. The van der Waals surface area contributed by atoms with Crippen molar-refractivity contribution in [3.63, 3.8) is 0 Å². The van der Waals surface area contributed by atoms with Crippen LogP contribution in [0.3, 0.4) is 0 Å². The van der Waals surface area contributed by atoms with E-state index in [0.717, 1.165) is 23.5 Å². The number of pyridine rings is 1. The Labute approximate surface area is 127 Å². The standard InChI is InChI=1S/C17H24N4/c1-5-16(20(3)4)21(14-9-7-6-8-10-14)17-15(18)11-13(2)12-19-17/h6-12,16H,5,18H2,1-4H3. The van der Waals surface area contributed by atoms with E-state index in [1.54, 1.807) is 0 Å². The van der Waals surface area contributed by atoms with Crippen molar-refractivity contribution in [1.29, 1.82) is 0 Å². The van der Waals surface area contributed by atoms with Crippen molar-refractivity contribution in [2.24, 2.45) is 0 Å². The van der Waals surface area contributed by atoms with Crippen LogP contribution in [0.25, 0.3) is 0 Å². The van der Waals surface area contributed by atoms with Gasteiger partial charge in [-0.25, -0.2) is 4.98 Å². The van der Waals surface area contributed by atoms with E-state index < -0.39 is 0 Å². The minimum Gasteiger partial charge on any atom is -0.396 e. The third-order valence-electron chi connectivity index (χ3n) is 3.55. The molecule has 0 aliphatic rings. The number of para-hydroxylation sites is 1. The molecule has 1 aromatic carbocycles. The van der Waals surface area contributed by atoms with Gasteiger partial charge in [0, 0.05) is 11.9 Å². The predicted octanol–water partition coefficient (Wildman–Crippen LogP) is 3.41. The molecule has 2 rings (SSSR count). The Kier molecular flexibility index (Phi) is 4.81. The van der Waals surface area contributed by atoms with Crippen molar-refractivity contribution in [1.82, 2.24) is 9.88 Å². The van der Waals surface area contributed by atoms with E-state index in [0.29, 0.717) is 5.69 Å². The summed E-state index contributed by atoms with van der Waals surface area (Å²) in [4.78, 5) is 8.97. The third kappa shape index (κ3) is 3.34. The smallest absolute Gasteiger partial charge is 0.157 e. The lowest BCUT2D eigenvalue weighted by Crippen LogP contribution is -2.42. The molecule has 1 aromatic heterocycles. The molecule has 0 aliphatic heterocycles.